The molecule has 1 saturated heterocycles. The molecule has 5 heteroatoms. The van der Waals surface area contributed by atoms with E-state index in [4.69, 9.17) is 9.47 Å². The lowest BCUT2D eigenvalue weighted by Gasteiger charge is -2.24. The summed E-state index contributed by atoms with van der Waals surface area (Å²) in [6, 6.07) is 3.81. The molecule has 0 saturated carbocycles. The molecule has 1 aliphatic heterocycles. The Bertz CT molecular complexity index is 465. The van der Waals surface area contributed by atoms with Gasteiger partial charge in [0.05, 0.1) is 6.54 Å². The number of aromatic nitrogens is 1. The normalized spacial score (nSPS) is 19.0. The van der Waals surface area contributed by atoms with Crippen molar-refractivity contribution in [1.82, 2.24) is 9.88 Å². The van der Waals surface area contributed by atoms with Gasteiger partial charge in [0.25, 0.3) is 0 Å². The average Bonchev–Trinajstić information content (AvgIpc) is 2.79. The second-order valence-corrected chi connectivity index (χ2v) is 6.13. The van der Waals surface area contributed by atoms with Crippen LogP contribution in [0.4, 0.5) is 4.79 Å². The maximum Gasteiger partial charge on any atom is 0.410 e. The van der Waals surface area contributed by atoms with E-state index in [1.165, 1.54) is 0 Å². The number of hydrogen-bond acceptors (Lipinski definition) is 4. The first-order chi connectivity index (χ1) is 9.33. The molecule has 0 N–H and O–H groups in total. The summed E-state index contributed by atoms with van der Waals surface area (Å²) in [7, 11) is 0. The molecule has 110 valence electrons. The average molecular weight is 278 g/mol. The highest BCUT2D eigenvalue weighted by atomic mass is 16.6. The van der Waals surface area contributed by atoms with Crippen LogP contribution in [0.15, 0.2) is 18.3 Å². The van der Waals surface area contributed by atoms with Crippen LogP contribution in [-0.2, 0) is 4.74 Å². The Kier molecular flexibility index (Phi) is 4.16. The van der Waals surface area contributed by atoms with E-state index in [0.717, 1.165) is 12.0 Å². The van der Waals surface area contributed by atoms with E-state index in [0.29, 0.717) is 19.0 Å². The number of aryl methyl sites for hydroxylation is 1. The third-order valence-corrected chi connectivity index (χ3v) is 2.97. The van der Waals surface area contributed by atoms with Gasteiger partial charge in [-0.1, -0.05) is 6.07 Å². The summed E-state index contributed by atoms with van der Waals surface area (Å²) in [5.74, 6) is 0.603. The number of ether oxygens (including phenoxy) is 2. The zero-order valence-corrected chi connectivity index (χ0v) is 12.5. The van der Waals surface area contributed by atoms with Gasteiger partial charge in [0.15, 0.2) is 0 Å². The highest BCUT2D eigenvalue weighted by Gasteiger charge is 2.30. The van der Waals surface area contributed by atoms with Gasteiger partial charge in [0, 0.05) is 25.2 Å². The Morgan fingerprint density at radius 2 is 2.15 bits per heavy atom. The highest BCUT2D eigenvalue weighted by Crippen LogP contribution is 2.19. The highest BCUT2D eigenvalue weighted by molar-refractivity contribution is 5.68. The third kappa shape index (κ3) is 4.11. The van der Waals surface area contributed by atoms with Gasteiger partial charge in [0.1, 0.15) is 11.7 Å². The quantitative estimate of drug-likeness (QED) is 0.834. The lowest BCUT2D eigenvalue weighted by atomic mass is 10.2. The fourth-order valence-electron chi connectivity index (χ4n) is 2.01. The van der Waals surface area contributed by atoms with Crippen molar-refractivity contribution in [2.45, 2.75) is 45.8 Å². The molecule has 0 unspecified atom stereocenters. The number of pyridine rings is 1. The molecule has 1 aromatic rings. The molecule has 0 aliphatic carbocycles. The van der Waals surface area contributed by atoms with Gasteiger partial charge in [0.2, 0.25) is 5.88 Å². The monoisotopic (exact) mass is 278 g/mol. The molecular formula is C15H22N2O3. The van der Waals surface area contributed by atoms with Crippen LogP contribution in [0, 0.1) is 6.92 Å². The molecule has 1 atom stereocenters. The smallest absolute Gasteiger partial charge is 0.410 e. The Balaban J connectivity index is 1.86. The molecule has 0 bridgehead atoms. The molecular weight excluding hydrogens is 256 g/mol. The van der Waals surface area contributed by atoms with Crippen LogP contribution in [0.1, 0.15) is 32.8 Å². The lowest BCUT2D eigenvalue weighted by molar-refractivity contribution is 0.0275. The number of hydrogen-bond donors (Lipinski definition) is 0. The first-order valence-electron chi connectivity index (χ1n) is 6.91. The van der Waals surface area contributed by atoms with E-state index in [1.54, 1.807) is 11.1 Å². The maximum absolute atomic E-state index is 11.9. The Morgan fingerprint density at radius 3 is 2.75 bits per heavy atom. The van der Waals surface area contributed by atoms with E-state index in [9.17, 15) is 4.79 Å². The van der Waals surface area contributed by atoms with Crippen LogP contribution in [0.25, 0.3) is 0 Å². The van der Waals surface area contributed by atoms with Gasteiger partial charge in [-0.25, -0.2) is 9.78 Å². The van der Waals surface area contributed by atoms with Crippen LogP contribution >= 0.6 is 0 Å². The number of carbonyl (C=O) groups excluding carboxylic acids is 1. The molecule has 2 heterocycles. The molecule has 5 nitrogen and oxygen atoms in total. The SMILES string of the molecule is Cc1ccc(O[C@H]2CCN(C(=O)OC(C)(C)C)C2)nc1. The lowest BCUT2D eigenvalue weighted by Crippen LogP contribution is -2.36. The van der Waals surface area contributed by atoms with Crippen LogP contribution in [0.3, 0.4) is 0 Å². The second kappa shape index (κ2) is 5.69. The minimum absolute atomic E-state index is 0.0160. The van der Waals surface area contributed by atoms with Gasteiger partial charge < -0.3 is 14.4 Å². The molecule has 1 aromatic heterocycles. The van der Waals surface area contributed by atoms with Gasteiger partial charge in [-0.05, 0) is 33.3 Å². The van der Waals surface area contributed by atoms with E-state index < -0.39 is 5.60 Å². The summed E-state index contributed by atoms with van der Waals surface area (Å²) in [5, 5.41) is 0. The third-order valence-electron chi connectivity index (χ3n) is 2.97. The van der Waals surface area contributed by atoms with Crippen LogP contribution < -0.4 is 4.74 Å². The predicted molar refractivity (Wildman–Crippen MR) is 75.8 cm³/mol. The van der Waals surface area contributed by atoms with Crippen LogP contribution in [0.5, 0.6) is 5.88 Å². The van der Waals surface area contributed by atoms with Crippen molar-refractivity contribution in [3.63, 3.8) is 0 Å². The Hall–Kier alpha value is -1.78. The molecule has 2 rings (SSSR count). The topological polar surface area (TPSA) is 51.7 Å². The van der Waals surface area contributed by atoms with Crippen molar-refractivity contribution in [3.8, 4) is 5.88 Å². The fraction of sp³-hybridized carbons (Fsp3) is 0.600. The summed E-state index contributed by atoms with van der Waals surface area (Å²) in [5.41, 5.74) is 0.633. The van der Waals surface area contributed by atoms with Gasteiger partial charge in [-0.15, -0.1) is 0 Å². The second-order valence-electron chi connectivity index (χ2n) is 6.13. The zero-order valence-electron chi connectivity index (χ0n) is 12.5. The summed E-state index contributed by atoms with van der Waals surface area (Å²) in [4.78, 5) is 17.8. The van der Waals surface area contributed by atoms with Gasteiger partial charge >= 0.3 is 6.09 Å². The molecule has 1 fully saturated rings. The summed E-state index contributed by atoms with van der Waals surface area (Å²) < 4.78 is 11.1. The Morgan fingerprint density at radius 1 is 1.40 bits per heavy atom. The van der Waals surface area contributed by atoms with Crippen molar-refractivity contribution < 1.29 is 14.3 Å². The maximum atomic E-state index is 11.9. The Labute approximate surface area is 119 Å². The standard InChI is InChI=1S/C15H22N2O3/c1-11-5-6-13(16-9-11)19-12-7-8-17(10-12)14(18)20-15(2,3)4/h5-6,9,12H,7-8,10H2,1-4H3/t12-/m0/s1. The number of nitrogens with zero attached hydrogens (tertiary/aromatic N) is 2. The first-order valence-corrected chi connectivity index (χ1v) is 6.91. The molecule has 20 heavy (non-hydrogen) atoms. The largest absolute Gasteiger partial charge is 0.472 e. The van der Waals surface area contributed by atoms with Crippen molar-refractivity contribution in [2.24, 2.45) is 0 Å². The number of carbonyl (C=O) groups is 1. The van der Waals surface area contributed by atoms with Gasteiger partial charge in [-0.2, -0.15) is 0 Å². The summed E-state index contributed by atoms with van der Waals surface area (Å²) in [6.07, 6.45) is 2.28. The minimum atomic E-state index is -0.464. The summed E-state index contributed by atoms with van der Waals surface area (Å²) in [6.45, 7) is 8.79. The van der Waals surface area contributed by atoms with Crippen molar-refractivity contribution in [2.75, 3.05) is 13.1 Å². The van der Waals surface area contributed by atoms with Crippen molar-refractivity contribution in [1.29, 1.82) is 0 Å². The van der Waals surface area contributed by atoms with E-state index in [2.05, 4.69) is 4.98 Å². The van der Waals surface area contributed by atoms with Crippen molar-refractivity contribution >= 4 is 6.09 Å². The molecule has 0 aromatic carbocycles. The van der Waals surface area contributed by atoms with E-state index in [1.807, 2.05) is 39.8 Å². The molecule has 0 radical (unpaired) electrons. The number of likely N-dealkylation sites (tertiary alicyclic amines) is 1. The van der Waals surface area contributed by atoms with Gasteiger partial charge in [-0.3, -0.25) is 0 Å². The molecule has 0 spiro atoms. The minimum Gasteiger partial charge on any atom is -0.472 e. The fourth-order valence-corrected chi connectivity index (χ4v) is 2.01. The number of rotatable bonds is 2. The van der Waals surface area contributed by atoms with Crippen LogP contribution in [0.2, 0.25) is 0 Å². The van der Waals surface area contributed by atoms with E-state index >= 15 is 0 Å². The van der Waals surface area contributed by atoms with E-state index in [-0.39, 0.29) is 12.2 Å². The van der Waals surface area contributed by atoms with Crippen molar-refractivity contribution in [3.05, 3.63) is 23.9 Å². The molecule has 1 aliphatic rings. The number of amides is 1. The summed E-state index contributed by atoms with van der Waals surface area (Å²) >= 11 is 0. The van der Waals surface area contributed by atoms with Crippen LogP contribution in [-0.4, -0.2) is 40.8 Å². The first kappa shape index (κ1) is 14.6. The predicted octanol–water partition coefficient (Wildman–Crippen LogP) is 2.78. The molecule has 1 amide bonds. The zero-order chi connectivity index (χ0) is 14.8.